The number of nitrogens with one attached hydrogen (secondary N) is 1. The van der Waals surface area contributed by atoms with Crippen LogP contribution in [0.4, 0.5) is 5.69 Å². The number of hydrogen-bond donors (Lipinski definition) is 3. The molecule has 0 aliphatic heterocycles. The quantitative estimate of drug-likeness (QED) is 0.789. The molecular formula is C11H12BrN3O2. The van der Waals surface area contributed by atoms with E-state index in [2.05, 4.69) is 31.2 Å². The van der Waals surface area contributed by atoms with Gasteiger partial charge in [-0.1, -0.05) is 0 Å². The third-order valence-corrected chi connectivity index (χ3v) is 2.78. The minimum Gasteiger partial charge on any atom is -0.394 e. The molecule has 0 atom stereocenters. The number of rotatable bonds is 4. The molecule has 17 heavy (non-hydrogen) atoms. The van der Waals surface area contributed by atoms with Crippen molar-refractivity contribution in [3.05, 3.63) is 29.0 Å². The summed E-state index contributed by atoms with van der Waals surface area (Å²) in [4.78, 5) is 8.47. The molecule has 3 N–H and O–H groups in total. The molecule has 0 unspecified atom stereocenters. The minimum absolute atomic E-state index is 0.142. The van der Waals surface area contributed by atoms with Crippen molar-refractivity contribution < 1.29 is 10.2 Å². The summed E-state index contributed by atoms with van der Waals surface area (Å²) in [6.45, 7) is -0.284. The van der Waals surface area contributed by atoms with Crippen molar-refractivity contribution in [2.45, 2.75) is 6.04 Å². The largest absolute Gasteiger partial charge is 0.394 e. The summed E-state index contributed by atoms with van der Waals surface area (Å²) in [5, 5.41) is 21.1. The molecule has 0 aliphatic carbocycles. The van der Waals surface area contributed by atoms with Gasteiger partial charge in [0.05, 0.1) is 30.5 Å². The van der Waals surface area contributed by atoms with Gasteiger partial charge in [0.15, 0.2) is 0 Å². The van der Waals surface area contributed by atoms with E-state index in [1.54, 1.807) is 18.5 Å². The smallest absolute Gasteiger partial charge is 0.112 e. The Labute approximate surface area is 107 Å². The zero-order chi connectivity index (χ0) is 12.3. The molecule has 0 fully saturated rings. The van der Waals surface area contributed by atoms with Crippen LogP contribution in [-0.4, -0.2) is 39.4 Å². The number of aromatic nitrogens is 2. The second kappa shape index (κ2) is 5.39. The van der Waals surface area contributed by atoms with E-state index < -0.39 is 6.04 Å². The molecule has 2 aromatic rings. The van der Waals surface area contributed by atoms with Gasteiger partial charge >= 0.3 is 0 Å². The van der Waals surface area contributed by atoms with Crippen LogP contribution in [-0.2, 0) is 0 Å². The third kappa shape index (κ3) is 2.71. The molecule has 0 bridgehead atoms. The van der Waals surface area contributed by atoms with Crippen LogP contribution in [0.15, 0.2) is 29.0 Å². The summed E-state index contributed by atoms with van der Waals surface area (Å²) >= 11 is 3.33. The molecule has 0 saturated carbocycles. The predicted octanol–water partition coefficient (Wildman–Crippen LogP) is 1.16. The molecule has 90 valence electrons. The summed E-state index contributed by atoms with van der Waals surface area (Å²) in [6.07, 6.45) is 3.34. The van der Waals surface area contributed by atoms with E-state index in [9.17, 15) is 0 Å². The number of hydrogen-bond acceptors (Lipinski definition) is 5. The third-order valence-electron chi connectivity index (χ3n) is 2.34. The van der Waals surface area contributed by atoms with Gasteiger partial charge < -0.3 is 15.5 Å². The normalized spacial score (nSPS) is 11.1. The molecule has 0 radical (unpaired) electrons. The zero-order valence-electron chi connectivity index (χ0n) is 8.97. The number of pyridine rings is 2. The maximum Gasteiger partial charge on any atom is 0.112 e. The van der Waals surface area contributed by atoms with Gasteiger partial charge in [0.25, 0.3) is 0 Å². The fourth-order valence-corrected chi connectivity index (χ4v) is 1.81. The second-order valence-electron chi connectivity index (χ2n) is 3.59. The van der Waals surface area contributed by atoms with Gasteiger partial charge in [0.1, 0.15) is 5.52 Å². The molecule has 0 aliphatic rings. The van der Waals surface area contributed by atoms with Gasteiger partial charge in [-0.2, -0.15) is 0 Å². The standard InChI is InChI=1S/C11H12BrN3O2/c12-7-3-10-11(14-4-7)9(1-2-13-10)15-8(5-16)6-17/h1-4,8,16-17H,5-6H2,(H,13,15). The van der Waals surface area contributed by atoms with Gasteiger partial charge in [-0.05, 0) is 28.1 Å². The summed E-state index contributed by atoms with van der Waals surface area (Å²) in [5.41, 5.74) is 2.21. The molecule has 2 rings (SSSR count). The van der Waals surface area contributed by atoms with Crippen LogP contribution in [0.25, 0.3) is 11.0 Å². The van der Waals surface area contributed by atoms with Crippen molar-refractivity contribution in [1.82, 2.24) is 9.97 Å². The van der Waals surface area contributed by atoms with E-state index in [0.29, 0.717) is 5.52 Å². The first-order chi connectivity index (χ1) is 8.24. The molecule has 2 aromatic heterocycles. The molecule has 6 heteroatoms. The fraction of sp³-hybridized carbons (Fsp3) is 0.273. The summed E-state index contributed by atoms with van der Waals surface area (Å²) in [7, 11) is 0. The van der Waals surface area contributed by atoms with Crippen molar-refractivity contribution in [2.24, 2.45) is 0 Å². The Morgan fingerprint density at radius 2 is 2.06 bits per heavy atom. The highest BCUT2D eigenvalue weighted by Gasteiger charge is 2.09. The lowest BCUT2D eigenvalue weighted by atomic mass is 10.2. The number of aliphatic hydroxyl groups excluding tert-OH is 2. The molecular weight excluding hydrogens is 286 g/mol. The molecule has 0 aromatic carbocycles. The van der Waals surface area contributed by atoms with E-state index in [1.165, 1.54) is 0 Å². The molecule has 0 spiro atoms. The van der Waals surface area contributed by atoms with Gasteiger partial charge in [-0.3, -0.25) is 9.97 Å². The number of halogens is 1. The first-order valence-electron chi connectivity index (χ1n) is 5.13. The zero-order valence-corrected chi connectivity index (χ0v) is 10.6. The molecule has 0 amide bonds. The average molecular weight is 298 g/mol. The van der Waals surface area contributed by atoms with E-state index in [1.807, 2.05) is 6.07 Å². The van der Waals surface area contributed by atoms with Crippen LogP contribution in [0.3, 0.4) is 0 Å². The summed E-state index contributed by atoms with van der Waals surface area (Å²) in [5.74, 6) is 0. The molecule has 2 heterocycles. The maximum atomic E-state index is 9.04. The maximum absolute atomic E-state index is 9.04. The Kier molecular flexibility index (Phi) is 3.88. The van der Waals surface area contributed by atoms with Crippen molar-refractivity contribution in [1.29, 1.82) is 0 Å². The highest BCUT2D eigenvalue weighted by Crippen LogP contribution is 2.22. The van der Waals surface area contributed by atoms with E-state index in [-0.39, 0.29) is 13.2 Å². The van der Waals surface area contributed by atoms with Crippen LogP contribution in [0.2, 0.25) is 0 Å². The minimum atomic E-state index is -0.397. The monoisotopic (exact) mass is 297 g/mol. The van der Waals surface area contributed by atoms with Gasteiger partial charge in [-0.25, -0.2) is 0 Å². The summed E-state index contributed by atoms with van der Waals surface area (Å²) < 4.78 is 0.857. The Morgan fingerprint density at radius 1 is 1.29 bits per heavy atom. The molecule has 0 saturated heterocycles. The van der Waals surface area contributed by atoms with E-state index in [0.717, 1.165) is 15.7 Å². The van der Waals surface area contributed by atoms with Gasteiger partial charge in [0, 0.05) is 16.9 Å². The second-order valence-corrected chi connectivity index (χ2v) is 4.50. The van der Waals surface area contributed by atoms with Crippen LogP contribution < -0.4 is 5.32 Å². The van der Waals surface area contributed by atoms with Crippen molar-refractivity contribution in [3.63, 3.8) is 0 Å². The van der Waals surface area contributed by atoms with Gasteiger partial charge in [0.2, 0.25) is 0 Å². The van der Waals surface area contributed by atoms with E-state index >= 15 is 0 Å². The van der Waals surface area contributed by atoms with Crippen LogP contribution in [0.1, 0.15) is 0 Å². The first-order valence-corrected chi connectivity index (χ1v) is 5.92. The fourth-order valence-electron chi connectivity index (χ4n) is 1.49. The lowest BCUT2D eigenvalue weighted by molar-refractivity contribution is 0.204. The van der Waals surface area contributed by atoms with Gasteiger partial charge in [-0.15, -0.1) is 0 Å². The predicted molar refractivity (Wildman–Crippen MR) is 68.8 cm³/mol. The average Bonchev–Trinajstić information content (AvgIpc) is 2.35. The van der Waals surface area contributed by atoms with Crippen LogP contribution in [0, 0.1) is 0 Å². The lowest BCUT2D eigenvalue weighted by Crippen LogP contribution is -2.27. The van der Waals surface area contributed by atoms with Crippen LogP contribution in [0.5, 0.6) is 0 Å². The Bertz CT molecular complexity index is 517. The number of nitrogens with zero attached hydrogens (tertiary/aromatic N) is 2. The highest BCUT2D eigenvalue weighted by atomic mass is 79.9. The van der Waals surface area contributed by atoms with Crippen molar-refractivity contribution >= 4 is 32.7 Å². The number of anilines is 1. The Morgan fingerprint density at radius 3 is 2.76 bits per heavy atom. The Hall–Kier alpha value is -1.24. The summed E-state index contributed by atoms with van der Waals surface area (Å²) in [6, 6.07) is 3.23. The number of aliphatic hydroxyl groups is 2. The lowest BCUT2D eigenvalue weighted by Gasteiger charge is -2.15. The van der Waals surface area contributed by atoms with E-state index in [4.69, 9.17) is 10.2 Å². The molecule has 5 nitrogen and oxygen atoms in total. The van der Waals surface area contributed by atoms with Crippen molar-refractivity contribution in [3.8, 4) is 0 Å². The topological polar surface area (TPSA) is 78.3 Å². The van der Waals surface area contributed by atoms with Crippen molar-refractivity contribution in [2.75, 3.05) is 18.5 Å². The SMILES string of the molecule is OCC(CO)Nc1ccnc2cc(Br)cnc12. The Balaban J connectivity index is 2.40. The number of fused-ring (bicyclic) bond motifs is 1. The first kappa shape index (κ1) is 12.2. The van der Waals surface area contributed by atoms with Crippen LogP contribution >= 0.6 is 15.9 Å². The highest BCUT2D eigenvalue weighted by molar-refractivity contribution is 9.10.